The van der Waals surface area contributed by atoms with Crippen LogP contribution in [0.4, 0.5) is 0 Å². The van der Waals surface area contributed by atoms with Gasteiger partial charge in [0.05, 0.1) is 26.2 Å². The highest BCUT2D eigenvalue weighted by atomic mass is 16.5. The van der Waals surface area contributed by atoms with Crippen molar-refractivity contribution < 1.29 is 14.3 Å². The summed E-state index contributed by atoms with van der Waals surface area (Å²) in [7, 11) is 1.72. The van der Waals surface area contributed by atoms with Crippen molar-refractivity contribution in [1.82, 2.24) is 10.2 Å². The molecule has 2 heterocycles. The summed E-state index contributed by atoms with van der Waals surface area (Å²) in [4.78, 5) is 14.5. The average Bonchev–Trinajstić information content (AvgIpc) is 2.96. The molecule has 2 saturated heterocycles. The van der Waals surface area contributed by atoms with Gasteiger partial charge < -0.3 is 14.8 Å². The molecule has 138 valence electrons. The van der Waals surface area contributed by atoms with E-state index in [1.54, 1.807) is 7.11 Å². The maximum absolute atomic E-state index is 12.0. The first-order valence-corrected chi connectivity index (χ1v) is 9.32. The van der Waals surface area contributed by atoms with Gasteiger partial charge in [0.25, 0.3) is 0 Å². The first-order valence-electron chi connectivity index (χ1n) is 9.32. The normalized spacial score (nSPS) is 26.5. The van der Waals surface area contributed by atoms with Crippen LogP contribution in [0.1, 0.15) is 32.3 Å². The van der Waals surface area contributed by atoms with E-state index in [1.165, 1.54) is 5.56 Å². The fourth-order valence-corrected chi connectivity index (χ4v) is 4.15. The number of hydrogen-bond donors (Lipinski definition) is 1. The third-order valence-electron chi connectivity index (χ3n) is 5.30. The lowest BCUT2D eigenvalue weighted by molar-refractivity contribution is -0.124. The topological polar surface area (TPSA) is 50.8 Å². The summed E-state index contributed by atoms with van der Waals surface area (Å²) in [5.74, 6) is 2.10. The number of carbonyl (C=O) groups is 1. The van der Waals surface area contributed by atoms with Crippen molar-refractivity contribution in [3.63, 3.8) is 0 Å². The summed E-state index contributed by atoms with van der Waals surface area (Å²) in [6, 6.07) is 8.41. The van der Waals surface area contributed by atoms with Crippen molar-refractivity contribution in [3.05, 3.63) is 29.8 Å². The number of nitrogens with zero attached hydrogens (tertiary/aromatic N) is 1. The Kier molecular flexibility index (Phi) is 5.97. The van der Waals surface area contributed by atoms with Gasteiger partial charge in [0, 0.05) is 30.6 Å². The quantitative estimate of drug-likeness (QED) is 0.860. The van der Waals surface area contributed by atoms with E-state index in [1.807, 2.05) is 26.0 Å². The third kappa shape index (κ3) is 4.53. The standard InChI is InChI=1S/C20H30N2O3/c1-14(2)21-20(23)10-19-17-8-9-22(12-16(17)13-25-19)11-15-6-4-5-7-18(15)24-3/h4-7,14,16-17,19H,8-13H2,1-3H3,(H,21,23)/t16-,17-,19-/m1/s1. The van der Waals surface area contributed by atoms with E-state index in [2.05, 4.69) is 22.3 Å². The molecule has 1 aromatic carbocycles. The van der Waals surface area contributed by atoms with E-state index in [0.29, 0.717) is 18.3 Å². The molecule has 0 aliphatic carbocycles. The highest BCUT2D eigenvalue weighted by Crippen LogP contribution is 2.36. The number of likely N-dealkylation sites (tertiary alicyclic amines) is 1. The molecule has 2 aliphatic heterocycles. The molecule has 0 bridgehead atoms. The van der Waals surface area contributed by atoms with E-state index >= 15 is 0 Å². The number of amides is 1. The molecule has 1 amide bonds. The minimum atomic E-state index is 0.0807. The van der Waals surface area contributed by atoms with Crippen LogP contribution in [0, 0.1) is 11.8 Å². The molecule has 0 saturated carbocycles. The second-order valence-corrected chi connectivity index (χ2v) is 7.56. The Morgan fingerprint density at radius 2 is 2.20 bits per heavy atom. The molecule has 5 nitrogen and oxygen atoms in total. The van der Waals surface area contributed by atoms with Crippen molar-refractivity contribution in [2.75, 3.05) is 26.8 Å². The van der Waals surface area contributed by atoms with E-state index < -0.39 is 0 Å². The van der Waals surface area contributed by atoms with Crippen molar-refractivity contribution in [3.8, 4) is 5.75 Å². The minimum absolute atomic E-state index is 0.0807. The summed E-state index contributed by atoms with van der Waals surface area (Å²) in [5.41, 5.74) is 1.23. The van der Waals surface area contributed by atoms with Crippen LogP contribution in [0.25, 0.3) is 0 Å². The first-order chi connectivity index (χ1) is 12.1. The van der Waals surface area contributed by atoms with Crippen molar-refractivity contribution in [2.24, 2.45) is 11.8 Å². The molecule has 25 heavy (non-hydrogen) atoms. The fraction of sp³-hybridized carbons (Fsp3) is 0.650. The summed E-state index contributed by atoms with van der Waals surface area (Å²) < 4.78 is 11.5. The smallest absolute Gasteiger partial charge is 0.222 e. The van der Waals surface area contributed by atoms with E-state index in [9.17, 15) is 4.79 Å². The SMILES string of the molecule is COc1ccccc1CN1CC[C@@H]2[C@@H](CO[C@@H]2CC(=O)NC(C)C)C1. The first kappa shape index (κ1) is 18.2. The number of benzene rings is 1. The molecule has 3 atom stereocenters. The number of ether oxygens (including phenoxy) is 2. The zero-order valence-electron chi connectivity index (χ0n) is 15.5. The Morgan fingerprint density at radius 1 is 1.40 bits per heavy atom. The van der Waals surface area contributed by atoms with Gasteiger partial charge in [-0.25, -0.2) is 0 Å². The lowest BCUT2D eigenvalue weighted by Gasteiger charge is -2.35. The van der Waals surface area contributed by atoms with E-state index in [-0.39, 0.29) is 18.1 Å². The lowest BCUT2D eigenvalue weighted by Crippen LogP contribution is -2.42. The molecule has 1 aromatic rings. The van der Waals surface area contributed by atoms with Crippen molar-refractivity contribution in [2.45, 2.75) is 45.4 Å². The van der Waals surface area contributed by atoms with Crippen molar-refractivity contribution in [1.29, 1.82) is 0 Å². The van der Waals surface area contributed by atoms with Gasteiger partial charge in [0.1, 0.15) is 5.75 Å². The van der Waals surface area contributed by atoms with Gasteiger partial charge >= 0.3 is 0 Å². The number of nitrogens with one attached hydrogen (secondary N) is 1. The summed E-state index contributed by atoms with van der Waals surface area (Å²) >= 11 is 0. The number of para-hydroxylation sites is 1. The molecular formula is C20H30N2O3. The average molecular weight is 346 g/mol. The molecule has 3 rings (SSSR count). The Labute approximate surface area is 150 Å². The van der Waals surface area contributed by atoms with Crippen LogP contribution in [-0.2, 0) is 16.1 Å². The largest absolute Gasteiger partial charge is 0.496 e. The van der Waals surface area contributed by atoms with Gasteiger partial charge in [0.2, 0.25) is 5.91 Å². The summed E-state index contributed by atoms with van der Waals surface area (Å²) in [6.07, 6.45) is 1.67. The molecule has 5 heteroatoms. The second-order valence-electron chi connectivity index (χ2n) is 7.56. The Bertz CT molecular complexity index is 590. The molecule has 2 fully saturated rings. The molecule has 0 aromatic heterocycles. The third-order valence-corrected chi connectivity index (χ3v) is 5.30. The molecule has 0 spiro atoms. The second kappa shape index (κ2) is 8.19. The van der Waals surface area contributed by atoms with Crippen LogP contribution in [0.3, 0.4) is 0 Å². The number of rotatable bonds is 6. The van der Waals surface area contributed by atoms with Gasteiger partial charge in [-0.15, -0.1) is 0 Å². The molecule has 2 aliphatic rings. The maximum atomic E-state index is 12.0. The number of carbonyl (C=O) groups excluding carboxylic acids is 1. The Morgan fingerprint density at radius 3 is 2.96 bits per heavy atom. The van der Waals surface area contributed by atoms with Crippen molar-refractivity contribution >= 4 is 5.91 Å². The number of hydrogen-bond acceptors (Lipinski definition) is 4. The Hall–Kier alpha value is -1.59. The number of methoxy groups -OCH3 is 1. The zero-order chi connectivity index (χ0) is 17.8. The fourth-order valence-electron chi connectivity index (χ4n) is 4.15. The van der Waals surface area contributed by atoms with Gasteiger partial charge in [-0.3, -0.25) is 9.69 Å². The molecule has 1 N–H and O–H groups in total. The summed E-state index contributed by atoms with van der Waals surface area (Å²) in [6.45, 7) is 7.74. The van der Waals surface area contributed by atoms with Crippen LogP contribution in [-0.4, -0.2) is 49.8 Å². The Balaban J connectivity index is 1.54. The molecular weight excluding hydrogens is 316 g/mol. The highest BCUT2D eigenvalue weighted by molar-refractivity contribution is 5.76. The van der Waals surface area contributed by atoms with Crippen LogP contribution in [0.2, 0.25) is 0 Å². The van der Waals surface area contributed by atoms with Gasteiger partial charge in [0.15, 0.2) is 0 Å². The highest BCUT2D eigenvalue weighted by Gasteiger charge is 2.41. The predicted octanol–water partition coefficient (Wildman–Crippen LogP) is 2.45. The lowest BCUT2D eigenvalue weighted by atomic mass is 9.83. The van der Waals surface area contributed by atoms with Gasteiger partial charge in [-0.2, -0.15) is 0 Å². The zero-order valence-corrected chi connectivity index (χ0v) is 15.5. The number of piperidine rings is 1. The number of fused-ring (bicyclic) bond motifs is 1. The van der Waals surface area contributed by atoms with Gasteiger partial charge in [-0.05, 0) is 38.8 Å². The van der Waals surface area contributed by atoms with Crippen LogP contribution in [0.5, 0.6) is 5.75 Å². The van der Waals surface area contributed by atoms with Crippen LogP contribution in [0.15, 0.2) is 24.3 Å². The predicted molar refractivity (Wildman–Crippen MR) is 97.5 cm³/mol. The molecule has 0 unspecified atom stereocenters. The van der Waals surface area contributed by atoms with Crippen LogP contribution < -0.4 is 10.1 Å². The molecule has 0 radical (unpaired) electrons. The van der Waals surface area contributed by atoms with E-state index in [4.69, 9.17) is 9.47 Å². The maximum Gasteiger partial charge on any atom is 0.222 e. The minimum Gasteiger partial charge on any atom is -0.496 e. The van der Waals surface area contributed by atoms with Gasteiger partial charge in [-0.1, -0.05) is 18.2 Å². The monoisotopic (exact) mass is 346 g/mol. The van der Waals surface area contributed by atoms with E-state index in [0.717, 1.165) is 38.4 Å². The summed E-state index contributed by atoms with van der Waals surface area (Å²) in [5, 5.41) is 2.98. The van der Waals surface area contributed by atoms with Crippen LogP contribution >= 0.6 is 0 Å².